The fourth-order valence-electron chi connectivity index (χ4n) is 2.99. The highest BCUT2D eigenvalue weighted by Gasteiger charge is 2.33. The van der Waals surface area contributed by atoms with E-state index < -0.39 is 10.0 Å². The van der Waals surface area contributed by atoms with Crippen molar-refractivity contribution in [2.24, 2.45) is 0 Å². The molecule has 3 fully saturated rings. The lowest BCUT2D eigenvalue weighted by atomic mass is 10.1. The number of hydrogen-bond acceptors (Lipinski definition) is 5. The van der Waals surface area contributed by atoms with Gasteiger partial charge in [-0.3, -0.25) is 4.90 Å². The van der Waals surface area contributed by atoms with Crippen molar-refractivity contribution in [3.05, 3.63) is 0 Å². The van der Waals surface area contributed by atoms with Crippen LogP contribution in [0.25, 0.3) is 0 Å². The minimum absolute atomic E-state index is 0.0844. The van der Waals surface area contributed by atoms with Gasteiger partial charge in [0.25, 0.3) is 0 Å². The molecule has 0 aromatic heterocycles. The van der Waals surface area contributed by atoms with E-state index in [0.717, 1.165) is 39.0 Å². The van der Waals surface area contributed by atoms with Crippen LogP contribution in [0.5, 0.6) is 0 Å². The molecule has 0 aromatic rings. The van der Waals surface area contributed by atoms with Crippen molar-refractivity contribution in [3.63, 3.8) is 0 Å². The number of ether oxygens (including phenoxy) is 1. The monoisotopic (exact) mass is 289 g/mol. The molecule has 0 bridgehead atoms. The first-order valence-corrected chi connectivity index (χ1v) is 8.80. The predicted octanol–water partition coefficient (Wildman–Crippen LogP) is -0.915. The van der Waals surface area contributed by atoms with Gasteiger partial charge in [0.2, 0.25) is 10.0 Å². The van der Waals surface area contributed by atoms with Crippen molar-refractivity contribution < 1.29 is 13.2 Å². The van der Waals surface area contributed by atoms with Gasteiger partial charge in [0.1, 0.15) is 0 Å². The van der Waals surface area contributed by atoms with E-state index in [1.165, 1.54) is 0 Å². The van der Waals surface area contributed by atoms with E-state index in [4.69, 9.17) is 4.74 Å². The van der Waals surface area contributed by atoms with Gasteiger partial charge in [0.15, 0.2) is 0 Å². The molecule has 3 saturated heterocycles. The lowest BCUT2D eigenvalue weighted by molar-refractivity contribution is 0.101. The number of nitrogens with one attached hydrogen (secondary N) is 1. The van der Waals surface area contributed by atoms with Crippen LogP contribution in [0.15, 0.2) is 0 Å². The van der Waals surface area contributed by atoms with Gasteiger partial charge in [0, 0.05) is 51.9 Å². The van der Waals surface area contributed by atoms with Gasteiger partial charge in [-0.15, -0.1) is 0 Å². The van der Waals surface area contributed by atoms with E-state index in [0.29, 0.717) is 25.7 Å². The second-order valence-corrected chi connectivity index (χ2v) is 7.67. The molecule has 3 aliphatic rings. The highest BCUT2D eigenvalue weighted by molar-refractivity contribution is 7.89. The average molecular weight is 289 g/mol. The first kappa shape index (κ1) is 13.8. The molecule has 7 heteroatoms. The van der Waals surface area contributed by atoms with Crippen LogP contribution in [0.3, 0.4) is 0 Å². The standard InChI is InChI=1S/C12H23N3O3S/c16-19(17,10-12-2-1-7-18-12)15-5-3-14(4-6-15)11-8-13-9-11/h11-13H,1-10H2. The summed E-state index contributed by atoms with van der Waals surface area (Å²) in [6, 6.07) is 0.614. The Balaban J connectivity index is 1.51. The fourth-order valence-corrected chi connectivity index (χ4v) is 4.66. The third kappa shape index (κ3) is 3.11. The molecule has 3 aliphatic heterocycles. The summed E-state index contributed by atoms with van der Waals surface area (Å²) in [7, 11) is -3.14. The van der Waals surface area contributed by atoms with Crippen LogP contribution in [0.1, 0.15) is 12.8 Å². The number of piperazine rings is 1. The molecule has 0 amide bonds. The van der Waals surface area contributed by atoms with Crippen LogP contribution < -0.4 is 5.32 Å². The summed E-state index contributed by atoms with van der Waals surface area (Å²) < 4.78 is 31.7. The van der Waals surface area contributed by atoms with Crippen LogP contribution >= 0.6 is 0 Å². The molecule has 110 valence electrons. The molecule has 3 heterocycles. The number of nitrogens with zero attached hydrogens (tertiary/aromatic N) is 2. The first-order valence-electron chi connectivity index (χ1n) is 7.19. The fraction of sp³-hybridized carbons (Fsp3) is 1.00. The van der Waals surface area contributed by atoms with Crippen molar-refractivity contribution in [1.82, 2.24) is 14.5 Å². The second-order valence-electron chi connectivity index (χ2n) is 5.66. The van der Waals surface area contributed by atoms with E-state index in [9.17, 15) is 8.42 Å². The van der Waals surface area contributed by atoms with Crippen LogP contribution in [-0.4, -0.2) is 81.4 Å². The van der Waals surface area contributed by atoms with E-state index in [2.05, 4.69) is 10.2 Å². The molecule has 1 atom stereocenters. The smallest absolute Gasteiger partial charge is 0.216 e. The highest BCUT2D eigenvalue weighted by Crippen LogP contribution is 2.18. The minimum atomic E-state index is -3.14. The van der Waals surface area contributed by atoms with E-state index >= 15 is 0 Å². The van der Waals surface area contributed by atoms with Crippen LogP contribution in [0.2, 0.25) is 0 Å². The van der Waals surface area contributed by atoms with E-state index in [1.807, 2.05) is 0 Å². The Morgan fingerprint density at radius 1 is 1.16 bits per heavy atom. The lowest BCUT2D eigenvalue weighted by Gasteiger charge is -2.42. The Hall–Kier alpha value is -0.210. The van der Waals surface area contributed by atoms with E-state index in [-0.39, 0.29) is 11.9 Å². The van der Waals surface area contributed by atoms with Gasteiger partial charge < -0.3 is 10.1 Å². The zero-order valence-corrected chi connectivity index (χ0v) is 12.1. The summed E-state index contributed by atoms with van der Waals surface area (Å²) in [4.78, 5) is 2.40. The van der Waals surface area contributed by atoms with Crippen molar-refractivity contribution in [1.29, 1.82) is 0 Å². The summed E-state index contributed by atoms with van der Waals surface area (Å²) in [6.45, 7) is 5.78. The van der Waals surface area contributed by atoms with Crippen LogP contribution in [0, 0.1) is 0 Å². The maximum Gasteiger partial charge on any atom is 0.216 e. The Morgan fingerprint density at radius 2 is 1.89 bits per heavy atom. The molecule has 0 aromatic carbocycles. The number of hydrogen-bond donors (Lipinski definition) is 1. The van der Waals surface area contributed by atoms with Gasteiger partial charge in [-0.2, -0.15) is 4.31 Å². The van der Waals surface area contributed by atoms with Gasteiger partial charge in [-0.25, -0.2) is 8.42 Å². The van der Waals surface area contributed by atoms with Gasteiger partial charge >= 0.3 is 0 Å². The summed E-state index contributed by atoms with van der Waals surface area (Å²) >= 11 is 0. The minimum Gasteiger partial charge on any atom is -0.377 e. The van der Waals surface area contributed by atoms with Gasteiger partial charge in [0.05, 0.1) is 11.9 Å². The summed E-state index contributed by atoms with van der Waals surface area (Å²) in [5.74, 6) is 0.165. The quantitative estimate of drug-likeness (QED) is 0.726. The molecule has 3 rings (SSSR count). The molecule has 6 nitrogen and oxygen atoms in total. The first-order chi connectivity index (χ1) is 9.15. The molecule has 0 radical (unpaired) electrons. The Bertz CT molecular complexity index is 396. The van der Waals surface area contributed by atoms with Crippen LogP contribution in [-0.2, 0) is 14.8 Å². The third-order valence-electron chi connectivity index (χ3n) is 4.36. The van der Waals surface area contributed by atoms with Gasteiger partial charge in [-0.05, 0) is 12.8 Å². The Labute approximate surface area is 115 Å². The van der Waals surface area contributed by atoms with E-state index in [1.54, 1.807) is 4.31 Å². The topological polar surface area (TPSA) is 61.9 Å². The summed E-state index contributed by atoms with van der Waals surface area (Å²) in [5, 5.41) is 3.26. The Kier molecular flexibility index (Phi) is 4.09. The predicted molar refractivity (Wildman–Crippen MR) is 72.6 cm³/mol. The molecule has 0 aliphatic carbocycles. The van der Waals surface area contributed by atoms with Crippen molar-refractivity contribution in [2.75, 3.05) is 51.6 Å². The molecule has 1 N–H and O–H groups in total. The van der Waals surface area contributed by atoms with Crippen molar-refractivity contribution >= 4 is 10.0 Å². The van der Waals surface area contributed by atoms with Crippen LogP contribution in [0.4, 0.5) is 0 Å². The molecule has 19 heavy (non-hydrogen) atoms. The largest absolute Gasteiger partial charge is 0.377 e. The van der Waals surface area contributed by atoms with Gasteiger partial charge in [-0.1, -0.05) is 0 Å². The average Bonchev–Trinajstić information content (AvgIpc) is 2.79. The lowest BCUT2D eigenvalue weighted by Crippen LogP contribution is -2.62. The molecule has 0 spiro atoms. The molecule has 0 saturated carbocycles. The highest BCUT2D eigenvalue weighted by atomic mass is 32.2. The van der Waals surface area contributed by atoms with Crippen molar-refractivity contribution in [3.8, 4) is 0 Å². The Morgan fingerprint density at radius 3 is 2.42 bits per heavy atom. The maximum atomic E-state index is 12.3. The normalized spacial score (nSPS) is 31.5. The number of sulfonamides is 1. The summed E-state index contributed by atoms with van der Waals surface area (Å²) in [6.07, 6.45) is 1.79. The maximum absolute atomic E-state index is 12.3. The SMILES string of the molecule is O=S(=O)(CC1CCCO1)N1CCN(C2CNC2)CC1. The third-order valence-corrected chi connectivity index (χ3v) is 6.31. The zero-order chi connectivity index (χ0) is 13.3. The zero-order valence-electron chi connectivity index (χ0n) is 11.3. The molecule has 1 unspecified atom stereocenters. The molecular formula is C12H23N3O3S. The summed E-state index contributed by atoms with van der Waals surface area (Å²) in [5.41, 5.74) is 0. The van der Waals surface area contributed by atoms with Crippen molar-refractivity contribution in [2.45, 2.75) is 25.0 Å². The number of rotatable bonds is 4. The molecular weight excluding hydrogens is 266 g/mol. The second kappa shape index (κ2) is 5.65.